The predicted octanol–water partition coefficient (Wildman–Crippen LogP) is 1.84. The van der Waals surface area contributed by atoms with E-state index in [0.29, 0.717) is 5.56 Å². The quantitative estimate of drug-likeness (QED) is 0.840. The fourth-order valence-electron chi connectivity index (χ4n) is 2.18. The number of nitrogens with zero attached hydrogens (tertiary/aromatic N) is 1. The zero-order valence-corrected chi connectivity index (χ0v) is 13.6. The summed E-state index contributed by atoms with van der Waals surface area (Å²) >= 11 is 0. The highest BCUT2D eigenvalue weighted by Gasteiger charge is 2.25. The minimum Gasteiger partial charge on any atom is -0.348 e. The molecule has 0 aliphatic carbocycles. The summed E-state index contributed by atoms with van der Waals surface area (Å²) in [4.78, 5) is 18.2. The van der Waals surface area contributed by atoms with Crippen LogP contribution in [0.25, 0.3) is 0 Å². The maximum atomic E-state index is 13.0. The van der Waals surface area contributed by atoms with Gasteiger partial charge in [-0.25, -0.2) is 17.8 Å². The molecule has 1 aromatic carbocycles. The number of sulfone groups is 1. The Labute approximate surface area is 134 Å². The van der Waals surface area contributed by atoms with E-state index in [1.807, 2.05) is 13.8 Å². The van der Waals surface area contributed by atoms with Crippen LogP contribution in [0.1, 0.15) is 25.5 Å². The van der Waals surface area contributed by atoms with Crippen LogP contribution in [-0.2, 0) is 14.6 Å². The van der Waals surface area contributed by atoms with E-state index >= 15 is 0 Å². The van der Waals surface area contributed by atoms with Crippen LogP contribution < -0.4 is 5.32 Å². The molecule has 2 aromatic rings. The molecule has 0 aliphatic rings. The molecule has 8 heteroatoms. The van der Waals surface area contributed by atoms with Gasteiger partial charge in [-0.1, -0.05) is 26.0 Å². The van der Waals surface area contributed by atoms with E-state index in [1.54, 1.807) is 12.1 Å². The minimum absolute atomic E-state index is 0.00993. The van der Waals surface area contributed by atoms with Gasteiger partial charge in [0.25, 0.3) is 0 Å². The summed E-state index contributed by atoms with van der Waals surface area (Å²) in [5.74, 6) is -1.70. The molecule has 0 aliphatic heterocycles. The Kier molecular flexibility index (Phi) is 5.15. The first-order chi connectivity index (χ1) is 10.8. The van der Waals surface area contributed by atoms with Gasteiger partial charge in [0.05, 0.1) is 6.04 Å². The van der Waals surface area contributed by atoms with E-state index in [9.17, 15) is 17.6 Å². The molecule has 1 amide bonds. The number of carbonyl (C=O) groups excluding carboxylic acids is 1. The summed E-state index contributed by atoms with van der Waals surface area (Å²) in [5.41, 5.74) is 0.713. The topological polar surface area (TPSA) is 91.9 Å². The van der Waals surface area contributed by atoms with Crippen molar-refractivity contribution in [2.24, 2.45) is 5.92 Å². The van der Waals surface area contributed by atoms with Gasteiger partial charge in [-0.05, 0) is 23.6 Å². The van der Waals surface area contributed by atoms with Crippen LogP contribution in [0.3, 0.4) is 0 Å². The number of hydrogen-bond acceptors (Lipinski definition) is 4. The molecule has 0 saturated carbocycles. The Morgan fingerprint density at radius 2 is 1.96 bits per heavy atom. The summed E-state index contributed by atoms with van der Waals surface area (Å²) in [6.07, 6.45) is 2.68. The third-order valence-electron chi connectivity index (χ3n) is 3.30. The number of aromatic amines is 1. The Balaban J connectivity index is 2.11. The number of benzene rings is 1. The molecule has 124 valence electrons. The number of carbonyl (C=O) groups is 1. The maximum absolute atomic E-state index is 13.0. The molecule has 6 nitrogen and oxygen atoms in total. The second kappa shape index (κ2) is 6.91. The van der Waals surface area contributed by atoms with Crippen molar-refractivity contribution in [2.75, 3.05) is 5.75 Å². The number of nitrogens with one attached hydrogen (secondary N) is 2. The van der Waals surface area contributed by atoms with Gasteiger partial charge in [0.15, 0.2) is 0 Å². The van der Waals surface area contributed by atoms with Crippen LogP contribution in [0.5, 0.6) is 0 Å². The molecule has 0 saturated heterocycles. The molecule has 1 heterocycles. The molecule has 2 N–H and O–H groups in total. The average Bonchev–Trinajstić information content (AvgIpc) is 3.00. The van der Waals surface area contributed by atoms with Crippen molar-refractivity contribution < 1.29 is 17.6 Å². The fourth-order valence-corrected chi connectivity index (χ4v) is 3.22. The van der Waals surface area contributed by atoms with Gasteiger partial charge in [0, 0.05) is 12.4 Å². The zero-order valence-electron chi connectivity index (χ0n) is 12.8. The van der Waals surface area contributed by atoms with Crippen LogP contribution in [-0.4, -0.2) is 30.0 Å². The Bertz CT molecular complexity index is 756. The lowest BCUT2D eigenvalue weighted by atomic mass is 9.96. The Morgan fingerprint density at radius 1 is 1.30 bits per heavy atom. The van der Waals surface area contributed by atoms with Crippen LogP contribution >= 0.6 is 0 Å². The van der Waals surface area contributed by atoms with Crippen LogP contribution in [0.2, 0.25) is 0 Å². The third-order valence-corrected chi connectivity index (χ3v) is 4.76. The van der Waals surface area contributed by atoms with Crippen molar-refractivity contribution in [2.45, 2.75) is 25.0 Å². The first-order valence-corrected chi connectivity index (χ1v) is 8.72. The normalized spacial score (nSPS) is 13.0. The van der Waals surface area contributed by atoms with E-state index in [-0.39, 0.29) is 16.9 Å². The number of imidazole rings is 1. The molecular formula is C15H18FN3O3S. The number of hydrogen-bond donors (Lipinski definition) is 2. The van der Waals surface area contributed by atoms with E-state index in [2.05, 4.69) is 15.3 Å². The summed E-state index contributed by atoms with van der Waals surface area (Å²) in [7, 11) is -3.82. The second-order valence-electron chi connectivity index (χ2n) is 5.49. The number of amides is 1. The second-order valence-corrected chi connectivity index (χ2v) is 7.40. The number of halogens is 1. The van der Waals surface area contributed by atoms with Gasteiger partial charge in [0.1, 0.15) is 11.6 Å². The van der Waals surface area contributed by atoms with Crippen molar-refractivity contribution in [1.29, 1.82) is 0 Å². The highest BCUT2D eigenvalue weighted by Crippen LogP contribution is 2.22. The molecule has 0 radical (unpaired) electrons. The van der Waals surface area contributed by atoms with Crippen LogP contribution in [0.15, 0.2) is 41.8 Å². The molecule has 1 atom stereocenters. The molecule has 23 heavy (non-hydrogen) atoms. The van der Waals surface area contributed by atoms with Crippen LogP contribution in [0, 0.1) is 11.7 Å². The van der Waals surface area contributed by atoms with Gasteiger partial charge in [0.2, 0.25) is 20.9 Å². The zero-order chi connectivity index (χ0) is 17.0. The highest BCUT2D eigenvalue weighted by atomic mass is 32.2. The number of rotatable bonds is 6. The summed E-state index contributed by atoms with van der Waals surface area (Å²) < 4.78 is 37.1. The lowest BCUT2D eigenvalue weighted by Gasteiger charge is -2.22. The van der Waals surface area contributed by atoms with Crippen molar-refractivity contribution in [3.63, 3.8) is 0 Å². The van der Waals surface area contributed by atoms with E-state index in [0.717, 1.165) is 0 Å². The number of H-pyrrole nitrogens is 1. The van der Waals surface area contributed by atoms with E-state index < -0.39 is 27.5 Å². The third kappa shape index (κ3) is 4.38. The fraction of sp³-hybridized carbons (Fsp3) is 0.333. The predicted molar refractivity (Wildman–Crippen MR) is 82.8 cm³/mol. The van der Waals surface area contributed by atoms with Gasteiger partial charge >= 0.3 is 0 Å². The summed E-state index contributed by atoms with van der Waals surface area (Å²) in [6, 6.07) is 5.34. The van der Waals surface area contributed by atoms with Crippen molar-refractivity contribution in [3.05, 3.63) is 48.0 Å². The standard InChI is InChI=1S/C15H18FN3O3S/c1-10(2)14(11-3-5-12(16)6-4-11)19-13(20)9-23(21,22)15-17-7-8-18-15/h3-8,10,14H,9H2,1-2H3,(H,17,18)(H,19,20)/t14-/m1/s1. The summed E-state index contributed by atoms with van der Waals surface area (Å²) in [5, 5.41) is 2.45. The average molecular weight is 339 g/mol. The minimum atomic E-state index is -3.82. The van der Waals surface area contributed by atoms with Gasteiger partial charge in [-0.3, -0.25) is 4.79 Å². The van der Waals surface area contributed by atoms with Crippen molar-refractivity contribution in [3.8, 4) is 0 Å². The largest absolute Gasteiger partial charge is 0.348 e. The van der Waals surface area contributed by atoms with Crippen molar-refractivity contribution >= 4 is 15.7 Å². The molecule has 0 fully saturated rings. The first kappa shape index (κ1) is 17.1. The molecule has 0 bridgehead atoms. The lowest BCUT2D eigenvalue weighted by molar-refractivity contribution is -0.119. The SMILES string of the molecule is CC(C)[C@@H](NC(=O)CS(=O)(=O)c1ncc[nH]1)c1ccc(F)cc1. The molecule has 1 aromatic heterocycles. The van der Waals surface area contributed by atoms with Crippen molar-refractivity contribution in [1.82, 2.24) is 15.3 Å². The maximum Gasteiger partial charge on any atom is 0.236 e. The highest BCUT2D eigenvalue weighted by molar-refractivity contribution is 7.91. The lowest BCUT2D eigenvalue weighted by Crippen LogP contribution is -2.36. The van der Waals surface area contributed by atoms with E-state index in [1.165, 1.54) is 24.5 Å². The molecule has 2 rings (SSSR count). The molecule has 0 unspecified atom stereocenters. The molecular weight excluding hydrogens is 321 g/mol. The molecule has 0 spiro atoms. The smallest absolute Gasteiger partial charge is 0.236 e. The monoisotopic (exact) mass is 339 g/mol. The van der Waals surface area contributed by atoms with Gasteiger partial charge in [-0.2, -0.15) is 0 Å². The first-order valence-electron chi connectivity index (χ1n) is 7.06. The Hall–Kier alpha value is -2.22. The van der Waals surface area contributed by atoms with Crippen LogP contribution in [0.4, 0.5) is 4.39 Å². The number of aromatic nitrogens is 2. The van der Waals surface area contributed by atoms with Gasteiger partial charge in [-0.15, -0.1) is 0 Å². The summed E-state index contributed by atoms with van der Waals surface area (Å²) in [6.45, 7) is 3.77. The van der Waals surface area contributed by atoms with Gasteiger partial charge < -0.3 is 10.3 Å². The van der Waals surface area contributed by atoms with E-state index in [4.69, 9.17) is 0 Å². The Morgan fingerprint density at radius 3 is 2.48 bits per heavy atom.